The number of halogens is 1. The van der Waals surface area contributed by atoms with E-state index in [1.54, 1.807) is 0 Å². The van der Waals surface area contributed by atoms with Crippen LogP contribution in [0.5, 0.6) is 0 Å². The molecule has 1 saturated carbocycles. The molecule has 2 N–H and O–H groups in total. The first kappa shape index (κ1) is 14.6. The Morgan fingerprint density at radius 3 is 2.90 bits per heavy atom. The molecule has 1 saturated heterocycles. The van der Waals surface area contributed by atoms with Crippen molar-refractivity contribution < 1.29 is 0 Å². The standard InChI is InChI=1S/C17H25BrN2/c1-12(13-5-2-6-14(18)11-13)20-17-8-3-7-15(17)16-9-4-10-19-16/h2,5-6,11-12,15-17,19-20H,3-4,7-10H2,1H3. The summed E-state index contributed by atoms with van der Waals surface area (Å²) < 4.78 is 1.17. The number of hydrogen-bond acceptors (Lipinski definition) is 2. The molecular weight excluding hydrogens is 312 g/mol. The highest BCUT2D eigenvalue weighted by atomic mass is 79.9. The molecule has 0 bridgehead atoms. The van der Waals surface area contributed by atoms with Crippen molar-refractivity contribution in [2.24, 2.45) is 5.92 Å². The third-order valence-corrected chi connectivity index (χ3v) is 5.49. The molecule has 1 heterocycles. The second-order valence-electron chi connectivity index (χ2n) is 6.35. The van der Waals surface area contributed by atoms with E-state index in [1.165, 1.54) is 48.7 Å². The van der Waals surface area contributed by atoms with Crippen LogP contribution in [0.2, 0.25) is 0 Å². The van der Waals surface area contributed by atoms with Gasteiger partial charge in [0.15, 0.2) is 0 Å². The first-order valence-electron chi connectivity index (χ1n) is 7.99. The summed E-state index contributed by atoms with van der Waals surface area (Å²) in [6.45, 7) is 3.51. The highest BCUT2D eigenvalue weighted by Gasteiger charge is 2.35. The molecule has 0 amide bonds. The van der Waals surface area contributed by atoms with Gasteiger partial charge in [0.1, 0.15) is 0 Å². The molecule has 4 atom stereocenters. The molecular formula is C17H25BrN2. The zero-order chi connectivity index (χ0) is 13.9. The highest BCUT2D eigenvalue weighted by Crippen LogP contribution is 2.33. The summed E-state index contributed by atoms with van der Waals surface area (Å²) in [4.78, 5) is 0. The summed E-state index contributed by atoms with van der Waals surface area (Å²) in [5.41, 5.74) is 1.38. The maximum Gasteiger partial charge on any atom is 0.0294 e. The van der Waals surface area contributed by atoms with E-state index >= 15 is 0 Å². The van der Waals surface area contributed by atoms with Gasteiger partial charge in [0.05, 0.1) is 0 Å². The van der Waals surface area contributed by atoms with E-state index in [1.807, 2.05) is 0 Å². The Kier molecular flexibility index (Phi) is 4.79. The minimum Gasteiger partial charge on any atom is -0.314 e. The van der Waals surface area contributed by atoms with E-state index in [2.05, 4.69) is 57.8 Å². The van der Waals surface area contributed by atoms with Crippen LogP contribution in [0, 0.1) is 5.92 Å². The lowest BCUT2D eigenvalue weighted by molar-refractivity contribution is 0.303. The van der Waals surface area contributed by atoms with Crippen LogP contribution >= 0.6 is 15.9 Å². The summed E-state index contributed by atoms with van der Waals surface area (Å²) in [6, 6.07) is 10.5. The molecule has 1 aromatic rings. The topological polar surface area (TPSA) is 24.1 Å². The lowest BCUT2D eigenvalue weighted by Gasteiger charge is -2.29. The quantitative estimate of drug-likeness (QED) is 0.867. The zero-order valence-electron chi connectivity index (χ0n) is 12.2. The van der Waals surface area contributed by atoms with Crippen molar-refractivity contribution >= 4 is 15.9 Å². The molecule has 2 aliphatic rings. The monoisotopic (exact) mass is 336 g/mol. The molecule has 2 nitrogen and oxygen atoms in total. The molecule has 4 unspecified atom stereocenters. The summed E-state index contributed by atoms with van der Waals surface area (Å²) >= 11 is 3.57. The normalized spacial score (nSPS) is 31.6. The fraction of sp³-hybridized carbons (Fsp3) is 0.647. The molecule has 1 aromatic carbocycles. The Balaban J connectivity index is 1.64. The van der Waals surface area contributed by atoms with Gasteiger partial charge < -0.3 is 10.6 Å². The molecule has 0 spiro atoms. The van der Waals surface area contributed by atoms with Gasteiger partial charge >= 0.3 is 0 Å². The SMILES string of the molecule is CC(NC1CCCC1C1CCCN1)c1cccc(Br)c1. The molecule has 20 heavy (non-hydrogen) atoms. The number of benzene rings is 1. The van der Waals surface area contributed by atoms with Gasteiger partial charge in [-0.3, -0.25) is 0 Å². The van der Waals surface area contributed by atoms with Gasteiger partial charge in [-0.2, -0.15) is 0 Å². The van der Waals surface area contributed by atoms with E-state index in [4.69, 9.17) is 0 Å². The van der Waals surface area contributed by atoms with Gasteiger partial charge in [-0.05, 0) is 62.8 Å². The Bertz CT molecular complexity index is 442. The second kappa shape index (κ2) is 6.59. The van der Waals surface area contributed by atoms with E-state index in [-0.39, 0.29) is 0 Å². The van der Waals surface area contributed by atoms with Crippen LogP contribution in [-0.2, 0) is 0 Å². The highest BCUT2D eigenvalue weighted by molar-refractivity contribution is 9.10. The van der Waals surface area contributed by atoms with Gasteiger partial charge in [0.25, 0.3) is 0 Å². The van der Waals surface area contributed by atoms with Crippen LogP contribution in [0.4, 0.5) is 0 Å². The average Bonchev–Trinajstić information content (AvgIpc) is 3.08. The summed E-state index contributed by atoms with van der Waals surface area (Å²) in [6.07, 6.45) is 6.83. The lowest BCUT2D eigenvalue weighted by Crippen LogP contribution is -2.42. The van der Waals surface area contributed by atoms with Crippen molar-refractivity contribution in [3.8, 4) is 0 Å². The van der Waals surface area contributed by atoms with Crippen molar-refractivity contribution in [1.29, 1.82) is 0 Å². The number of rotatable bonds is 4. The summed E-state index contributed by atoms with van der Waals surface area (Å²) in [7, 11) is 0. The van der Waals surface area contributed by atoms with Crippen LogP contribution in [0.15, 0.2) is 28.7 Å². The average molecular weight is 337 g/mol. The Labute approximate surface area is 130 Å². The van der Waals surface area contributed by atoms with Gasteiger partial charge in [-0.15, -0.1) is 0 Å². The molecule has 110 valence electrons. The smallest absolute Gasteiger partial charge is 0.0294 e. The van der Waals surface area contributed by atoms with E-state index in [0.29, 0.717) is 12.1 Å². The summed E-state index contributed by atoms with van der Waals surface area (Å²) in [5, 5.41) is 7.59. The maximum absolute atomic E-state index is 3.89. The Morgan fingerprint density at radius 1 is 1.25 bits per heavy atom. The molecule has 2 fully saturated rings. The maximum atomic E-state index is 3.89. The van der Waals surface area contributed by atoms with Gasteiger partial charge in [-0.1, -0.05) is 34.5 Å². The number of nitrogens with one attached hydrogen (secondary N) is 2. The molecule has 0 radical (unpaired) electrons. The second-order valence-corrected chi connectivity index (χ2v) is 7.26. The minimum absolute atomic E-state index is 0.430. The molecule has 1 aliphatic carbocycles. The molecule has 3 rings (SSSR count). The first-order valence-corrected chi connectivity index (χ1v) is 8.78. The molecule has 0 aromatic heterocycles. The molecule has 1 aliphatic heterocycles. The van der Waals surface area contributed by atoms with Crippen LogP contribution in [-0.4, -0.2) is 18.6 Å². The van der Waals surface area contributed by atoms with Crippen LogP contribution < -0.4 is 10.6 Å². The predicted molar refractivity (Wildman–Crippen MR) is 87.8 cm³/mol. The van der Waals surface area contributed by atoms with Crippen LogP contribution in [0.3, 0.4) is 0 Å². The Morgan fingerprint density at radius 2 is 2.15 bits per heavy atom. The fourth-order valence-electron chi connectivity index (χ4n) is 3.95. The van der Waals surface area contributed by atoms with Gasteiger partial charge in [-0.25, -0.2) is 0 Å². The van der Waals surface area contributed by atoms with Crippen molar-refractivity contribution in [2.75, 3.05) is 6.54 Å². The van der Waals surface area contributed by atoms with E-state index in [9.17, 15) is 0 Å². The van der Waals surface area contributed by atoms with Crippen LogP contribution in [0.25, 0.3) is 0 Å². The van der Waals surface area contributed by atoms with Crippen molar-refractivity contribution in [2.45, 2.75) is 57.2 Å². The largest absolute Gasteiger partial charge is 0.314 e. The zero-order valence-corrected chi connectivity index (χ0v) is 13.8. The van der Waals surface area contributed by atoms with E-state index in [0.717, 1.165) is 12.0 Å². The lowest BCUT2D eigenvalue weighted by atomic mass is 9.92. The van der Waals surface area contributed by atoms with Crippen molar-refractivity contribution in [1.82, 2.24) is 10.6 Å². The van der Waals surface area contributed by atoms with Gasteiger partial charge in [0, 0.05) is 22.6 Å². The van der Waals surface area contributed by atoms with Crippen molar-refractivity contribution in [3.63, 3.8) is 0 Å². The fourth-order valence-corrected chi connectivity index (χ4v) is 4.36. The van der Waals surface area contributed by atoms with Crippen LogP contribution in [0.1, 0.15) is 50.6 Å². The Hall–Kier alpha value is -0.380. The van der Waals surface area contributed by atoms with Gasteiger partial charge in [0.2, 0.25) is 0 Å². The predicted octanol–water partition coefficient (Wildman–Crippen LogP) is 4.02. The third-order valence-electron chi connectivity index (χ3n) is 5.00. The first-order chi connectivity index (χ1) is 9.74. The molecule has 3 heteroatoms. The number of hydrogen-bond donors (Lipinski definition) is 2. The minimum atomic E-state index is 0.430. The summed E-state index contributed by atoms with van der Waals surface area (Å²) in [5.74, 6) is 0.826. The third kappa shape index (κ3) is 3.26. The van der Waals surface area contributed by atoms with Crippen molar-refractivity contribution in [3.05, 3.63) is 34.3 Å². The van der Waals surface area contributed by atoms with E-state index < -0.39 is 0 Å².